The van der Waals surface area contributed by atoms with Crippen LogP contribution < -0.4 is 0 Å². The number of hydrogen-bond donors (Lipinski definition) is 6. The van der Waals surface area contributed by atoms with Crippen LogP contribution in [0.3, 0.4) is 0 Å². The van der Waals surface area contributed by atoms with E-state index in [2.05, 4.69) is 0 Å². The number of carbonyl (C=O) groups is 2. The number of aliphatic hydroxyl groups is 4. The van der Waals surface area contributed by atoms with Gasteiger partial charge in [0, 0.05) is 17.9 Å². The van der Waals surface area contributed by atoms with Crippen LogP contribution in [0.4, 0.5) is 0 Å². The lowest BCUT2D eigenvalue weighted by Crippen LogP contribution is -2.60. The lowest BCUT2D eigenvalue weighted by molar-refractivity contribution is -0.327. The number of carbonyl (C=O) groups excluding carboxylic acids is 2. The number of methoxy groups -OCH3 is 1. The van der Waals surface area contributed by atoms with Crippen molar-refractivity contribution in [2.75, 3.05) is 20.3 Å². The maximum absolute atomic E-state index is 12.7. The second kappa shape index (κ2) is 13.0. The van der Waals surface area contributed by atoms with Crippen LogP contribution in [0.5, 0.6) is 11.5 Å². The Bertz CT molecular complexity index is 1050. The van der Waals surface area contributed by atoms with Crippen LogP contribution in [-0.4, -0.2) is 99.9 Å². The molecule has 3 rings (SSSR count). The maximum atomic E-state index is 12.7. The largest absolute Gasteiger partial charge is 0.504 e. The van der Waals surface area contributed by atoms with Crippen molar-refractivity contribution in [3.05, 3.63) is 47.2 Å². The molecule has 1 saturated heterocycles. The molecule has 1 fully saturated rings. The first-order chi connectivity index (χ1) is 18.1. The molecule has 0 unspecified atom stereocenters. The van der Waals surface area contributed by atoms with E-state index in [4.69, 9.17) is 23.7 Å². The van der Waals surface area contributed by atoms with Gasteiger partial charge in [-0.3, -0.25) is 4.79 Å². The zero-order valence-electron chi connectivity index (χ0n) is 20.8. The molecule has 6 N–H and O–H groups in total. The highest BCUT2D eigenvalue weighted by atomic mass is 16.8. The molecule has 1 aromatic rings. The summed E-state index contributed by atoms with van der Waals surface area (Å²) in [6.45, 7) is 0.912. The molecule has 13 nitrogen and oxygen atoms in total. The van der Waals surface area contributed by atoms with E-state index in [1.165, 1.54) is 12.1 Å². The third-order valence-corrected chi connectivity index (χ3v) is 6.29. The zero-order valence-corrected chi connectivity index (χ0v) is 20.8. The monoisotopic (exact) mass is 540 g/mol. The van der Waals surface area contributed by atoms with E-state index in [0.717, 1.165) is 13.4 Å². The van der Waals surface area contributed by atoms with Crippen LogP contribution in [0, 0.1) is 5.92 Å². The topological polar surface area (TPSA) is 202 Å². The predicted molar refractivity (Wildman–Crippen MR) is 126 cm³/mol. The molecule has 2 aliphatic rings. The van der Waals surface area contributed by atoms with Gasteiger partial charge < -0.3 is 54.3 Å². The molecule has 13 heteroatoms. The fourth-order valence-corrected chi connectivity index (χ4v) is 4.16. The van der Waals surface area contributed by atoms with Crippen molar-refractivity contribution in [3.8, 4) is 11.5 Å². The number of ether oxygens (including phenoxy) is 5. The van der Waals surface area contributed by atoms with E-state index >= 15 is 0 Å². The van der Waals surface area contributed by atoms with Crippen molar-refractivity contribution in [2.24, 2.45) is 5.92 Å². The molecule has 0 spiro atoms. The Balaban J connectivity index is 1.71. The molecule has 0 aliphatic carbocycles. The summed E-state index contributed by atoms with van der Waals surface area (Å²) in [7, 11) is 1.16. The molecule has 0 radical (unpaired) electrons. The SMILES string of the molecule is CC=C1[C@H](O[C@@H]2O[C@H](CO)[C@@H](O)[C@H](O)[C@H]2O)OC=C(C(=O)OC)[C@H]1CC(=O)OCCc1ccc(O)c(O)c1. The first-order valence-corrected chi connectivity index (χ1v) is 11.8. The molecule has 7 atom stereocenters. The van der Waals surface area contributed by atoms with Crippen molar-refractivity contribution in [2.45, 2.75) is 56.8 Å². The van der Waals surface area contributed by atoms with Crippen molar-refractivity contribution in [3.63, 3.8) is 0 Å². The third kappa shape index (κ3) is 6.62. The lowest BCUT2D eigenvalue weighted by Gasteiger charge is -2.41. The molecular formula is C25H32O13. The summed E-state index contributed by atoms with van der Waals surface area (Å²) >= 11 is 0. The minimum Gasteiger partial charge on any atom is -0.504 e. The highest BCUT2D eigenvalue weighted by Gasteiger charge is 2.46. The summed E-state index contributed by atoms with van der Waals surface area (Å²) in [5.41, 5.74) is 0.927. The van der Waals surface area contributed by atoms with Crippen LogP contribution in [0.2, 0.25) is 0 Å². The van der Waals surface area contributed by atoms with E-state index in [0.29, 0.717) is 11.1 Å². The number of aliphatic hydroxyl groups excluding tert-OH is 4. The van der Waals surface area contributed by atoms with Gasteiger partial charge in [0.15, 0.2) is 17.8 Å². The Kier molecular flexibility index (Phi) is 10.1. The van der Waals surface area contributed by atoms with Crippen molar-refractivity contribution >= 4 is 11.9 Å². The molecule has 210 valence electrons. The normalized spacial score (nSPS) is 30.3. The number of esters is 2. The van der Waals surface area contributed by atoms with Gasteiger partial charge in [0.25, 0.3) is 0 Å². The smallest absolute Gasteiger partial charge is 0.337 e. The summed E-state index contributed by atoms with van der Waals surface area (Å²) in [5, 5.41) is 58.8. The second-order valence-corrected chi connectivity index (χ2v) is 8.71. The van der Waals surface area contributed by atoms with Crippen LogP contribution in [0.1, 0.15) is 18.9 Å². The molecule has 2 aliphatic heterocycles. The Labute approximate surface area is 218 Å². The maximum Gasteiger partial charge on any atom is 0.337 e. The highest BCUT2D eigenvalue weighted by molar-refractivity contribution is 5.90. The number of benzene rings is 1. The van der Waals surface area contributed by atoms with Crippen LogP contribution in [0.25, 0.3) is 0 Å². The average molecular weight is 541 g/mol. The minimum atomic E-state index is -1.69. The molecule has 0 saturated carbocycles. The molecule has 38 heavy (non-hydrogen) atoms. The van der Waals surface area contributed by atoms with Gasteiger partial charge in [0.1, 0.15) is 24.4 Å². The van der Waals surface area contributed by atoms with Crippen molar-refractivity contribution in [1.29, 1.82) is 0 Å². The lowest BCUT2D eigenvalue weighted by atomic mass is 9.86. The molecular weight excluding hydrogens is 508 g/mol. The third-order valence-electron chi connectivity index (χ3n) is 6.29. The van der Waals surface area contributed by atoms with E-state index in [1.807, 2.05) is 0 Å². The van der Waals surface area contributed by atoms with E-state index < -0.39 is 61.5 Å². The Morgan fingerprint density at radius 3 is 2.45 bits per heavy atom. The Hall–Kier alpha value is -3.20. The van der Waals surface area contributed by atoms with E-state index in [-0.39, 0.29) is 36.5 Å². The predicted octanol–water partition coefficient (Wildman–Crippen LogP) is -0.634. The van der Waals surface area contributed by atoms with Crippen molar-refractivity contribution < 1.29 is 63.9 Å². The molecule has 0 aromatic heterocycles. The number of phenols is 2. The van der Waals surface area contributed by atoms with Gasteiger partial charge >= 0.3 is 11.9 Å². The summed E-state index contributed by atoms with van der Waals surface area (Å²) < 4.78 is 26.7. The number of rotatable bonds is 9. The summed E-state index contributed by atoms with van der Waals surface area (Å²) in [6.07, 6.45) is -6.39. The zero-order chi connectivity index (χ0) is 28.0. The Morgan fingerprint density at radius 2 is 1.82 bits per heavy atom. The van der Waals surface area contributed by atoms with Crippen LogP contribution in [-0.2, 0) is 39.7 Å². The van der Waals surface area contributed by atoms with Gasteiger partial charge in [0.2, 0.25) is 6.29 Å². The number of allylic oxidation sites excluding steroid dienone is 1. The Morgan fingerprint density at radius 1 is 1.08 bits per heavy atom. The quantitative estimate of drug-likeness (QED) is 0.131. The molecule has 0 bridgehead atoms. The highest BCUT2D eigenvalue weighted by Crippen LogP contribution is 2.36. The standard InChI is InChI=1S/C25H32O13/c1-3-13-14(9-19(29)35-7-6-12-4-5-16(27)17(28)8-12)15(23(33)34-2)11-36-24(13)38-25-22(32)21(31)20(30)18(10-26)37-25/h3-5,8,11,14,18,20-22,24-28,30-32H,6-7,9-10H2,1-2H3/t14-,18+,20+,21-,22+,24-,25-/m0/s1. The molecule has 0 amide bonds. The number of aromatic hydroxyl groups is 2. The molecule has 2 heterocycles. The summed E-state index contributed by atoms with van der Waals surface area (Å²) in [4.78, 5) is 25.1. The second-order valence-electron chi connectivity index (χ2n) is 8.71. The van der Waals surface area contributed by atoms with E-state index in [9.17, 15) is 40.2 Å². The fourth-order valence-electron chi connectivity index (χ4n) is 4.16. The first-order valence-electron chi connectivity index (χ1n) is 11.8. The summed E-state index contributed by atoms with van der Waals surface area (Å²) in [6, 6.07) is 4.23. The minimum absolute atomic E-state index is 0.00894. The van der Waals surface area contributed by atoms with Gasteiger partial charge in [-0.05, 0) is 24.6 Å². The van der Waals surface area contributed by atoms with Gasteiger partial charge in [-0.15, -0.1) is 0 Å². The molecule has 1 aromatic carbocycles. The van der Waals surface area contributed by atoms with Gasteiger partial charge in [-0.2, -0.15) is 0 Å². The van der Waals surface area contributed by atoms with Gasteiger partial charge in [-0.1, -0.05) is 12.1 Å². The van der Waals surface area contributed by atoms with E-state index in [1.54, 1.807) is 19.1 Å². The fraction of sp³-hybridized carbons (Fsp3) is 0.520. The van der Waals surface area contributed by atoms with Crippen LogP contribution in [0.15, 0.2) is 41.7 Å². The summed E-state index contributed by atoms with van der Waals surface area (Å²) in [5.74, 6) is -2.89. The van der Waals surface area contributed by atoms with Crippen molar-refractivity contribution in [1.82, 2.24) is 0 Å². The first kappa shape index (κ1) is 29.4. The average Bonchev–Trinajstić information content (AvgIpc) is 2.90. The van der Waals surface area contributed by atoms with Crippen LogP contribution >= 0.6 is 0 Å². The number of phenolic OH excluding ortho intramolecular Hbond substituents is 2. The van der Waals surface area contributed by atoms with Gasteiger partial charge in [-0.25, -0.2) is 4.79 Å². The van der Waals surface area contributed by atoms with Gasteiger partial charge in [0.05, 0.1) is 38.6 Å². The number of hydrogen-bond acceptors (Lipinski definition) is 13.